The summed E-state index contributed by atoms with van der Waals surface area (Å²) >= 11 is 0. The van der Waals surface area contributed by atoms with E-state index in [9.17, 15) is 8.78 Å². The third-order valence-corrected chi connectivity index (χ3v) is 4.44. The number of ether oxygens (including phenoxy) is 1. The summed E-state index contributed by atoms with van der Waals surface area (Å²) in [5.41, 5.74) is -0.0621. The van der Waals surface area contributed by atoms with Gasteiger partial charge in [0.2, 0.25) is 0 Å². The van der Waals surface area contributed by atoms with Crippen molar-refractivity contribution < 1.29 is 13.5 Å². The highest BCUT2D eigenvalue weighted by molar-refractivity contribution is 5.41. The molecule has 0 bridgehead atoms. The Kier molecular flexibility index (Phi) is 7.26. The summed E-state index contributed by atoms with van der Waals surface area (Å²) < 4.78 is 33.2. The topological polar surface area (TPSA) is 40.6 Å². The van der Waals surface area contributed by atoms with Crippen LogP contribution in [-0.2, 0) is 0 Å². The Morgan fingerprint density at radius 3 is 2.18 bits per heavy atom. The fourth-order valence-electron chi connectivity index (χ4n) is 3.09. The molecular formula is C21H36F2N4O. The number of nitrogens with one attached hydrogen (secondary N) is 1. The zero-order valence-corrected chi connectivity index (χ0v) is 18.2. The molecule has 0 radical (unpaired) electrons. The second kappa shape index (κ2) is 8.91. The summed E-state index contributed by atoms with van der Waals surface area (Å²) in [5, 5.41) is 2.81. The van der Waals surface area contributed by atoms with Gasteiger partial charge in [0.15, 0.2) is 6.61 Å². The van der Waals surface area contributed by atoms with Crippen LogP contribution in [-0.4, -0.2) is 67.2 Å². The van der Waals surface area contributed by atoms with Crippen molar-refractivity contribution >= 4 is 5.82 Å². The molecule has 0 saturated carbocycles. The van der Waals surface area contributed by atoms with Crippen molar-refractivity contribution in [2.24, 2.45) is 5.41 Å². The number of pyridine rings is 1. The lowest BCUT2D eigenvalue weighted by atomic mass is 9.96. The Morgan fingerprint density at radius 1 is 1.04 bits per heavy atom. The van der Waals surface area contributed by atoms with Crippen molar-refractivity contribution in [3.63, 3.8) is 0 Å². The first-order valence-corrected chi connectivity index (χ1v) is 10.0. The highest BCUT2D eigenvalue weighted by Crippen LogP contribution is 2.22. The van der Waals surface area contributed by atoms with Crippen LogP contribution in [0.15, 0.2) is 18.3 Å². The number of alkyl halides is 2. The van der Waals surface area contributed by atoms with Gasteiger partial charge in [0.05, 0.1) is 12.7 Å². The molecule has 0 spiro atoms. The van der Waals surface area contributed by atoms with Crippen molar-refractivity contribution in [1.82, 2.24) is 15.2 Å². The van der Waals surface area contributed by atoms with Crippen LogP contribution in [0.3, 0.4) is 0 Å². The van der Waals surface area contributed by atoms with Gasteiger partial charge < -0.3 is 15.0 Å². The van der Waals surface area contributed by atoms with Crippen LogP contribution in [0.2, 0.25) is 0 Å². The number of hydrogen-bond acceptors (Lipinski definition) is 5. The van der Waals surface area contributed by atoms with Crippen molar-refractivity contribution in [3.8, 4) is 5.75 Å². The lowest BCUT2D eigenvalue weighted by molar-refractivity contribution is -0.0429. The molecule has 0 atom stereocenters. The number of halogens is 2. The van der Waals surface area contributed by atoms with Crippen molar-refractivity contribution in [2.75, 3.05) is 50.8 Å². The third kappa shape index (κ3) is 8.27. The fraction of sp³-hybridized carbons (Fsp3) is 0.762. The molecule has 1 N–H and O–H groups in total. The summed E-state index contributed by atoms with van der Waals surface area (Å²) in [6.07, 6.45) is 1.53. The first kappa shape index (κ1) is 22.8. The van der Waals surface area contributed by atoms with Gasteiger partial charge >= 0.3 is 0 Å². The van der Waals surface area contributed by atoms with Gasteiger partial charge in [-0.1, -0.05) is 20.8 Å². The SMILES string of the molecule is CC(C)(C)CN1CCN(c2ccc(OCC(F)(F)CNC(C)(C)C)cn2)CC1. The summed E-state index contributed by atoms with van der Waals surface area (Å²) in [4.78, 5) is 9.11. The number of nitrogens with zero attached hydrogens (tertiary/aromatic N) is 3. The molecule has 1 aromatic heterocycles. The van der Waals surface area contributed by atoms with E-state index in [1.165, 1.54) is 6.20 Å². The highest BCUT2D eigenvalue weighted by Gasteiger charge is 2.31. The lowest BCUT2D eigenvalue weighted by Crippen LogP contribution is -2.48. The number of piperazine rings is 1. The average molecular weight is 399 g/mol. The maximum absolute atomic E-state index is 13.9. The largest absolute Gasteiger partial charge is 0.486 e. The predicted octanol–water partition coefficient (Wildman–Crippen LogP) is 3.65. The molecule has 160 valence electrons. The minimum atomic E-state index is -2.94. The first-order valence-electron chi connectivity index (χ1n) is 10.0. The molecule has 1 aromatic rings. The monoisotopic (exact) mass is 398 g/mol. The van der Waals surface area contributed by atoms with E-state index >= 15 is 0 Å². The molecule has 1 fully saturated rings. The quantitative estimate of drug-likeness (QED) is 0.759. The average Bonchev–Trinajstić information content (AvgIpc) is 2.58. The van der Waals surface area contributed by atoms with E-state index in [0.717, 1.165) is 38.5 Å². The molecule has 0 unspecified atom stereocenters. The Bertz CT molecular complexity index is 600. The van der Waals surface area contributed by atoms with E-state index in [1.807, 2.05) is 26.8 Å². The standard InChI is InChI=1S/C21H36F2N4O/c1-19(2,3)15-26-9-11-27(12-10-26)18-8-7-17(13-24-18)28-16-21(22,23)14-25-20(4,5)6/h7-8,13,25H,9-12,14-16H2,1-6H3. The van der Waals surface area contributed by atoms with Gasteiger partial charge in [0.1, 0.15) is 11.6 Å². The van der Waals surface area contributed by atoms with E-state index < -0.39 is 19.1 Å². The fourth-order valence-corrected chi connectivity index (χ4v) is 3.09. The summed E-state index contributed by atoms with van der Waals surface area (Å²) in [5.74, 6) is -1.70. The molecule has 1 aliphatic rings. The van der Waals surface area contributed by atoms with Gasteiger partial charge in [0, 0.05) is 38.3 Å². The number of anilines is 1. The summed E-state index contributed by atoms with van der Waals surface area (Å²) in [7, 11) is 0. The maximum atomic E-state index is 13.9. The van der Waals surface area contributed by atoms with Crippen molar-refractivity contribution in [2.45, 2.75) is 53.0 Å². The van der Waals surface area contributed by atoms with Gasteiger partial charge in [-0.3, -0.25) is 4.90 Å². The van der Waals surface area contributed by atoms with Crippen molar-refractivity contribution in [1.29, 1.82) is 0 Å². The number of hydrogen-bond donors (Lipinski definition) is 1. The Balaban J connectivity index is 1.80. The van der Waals surface area contributed by atoms with Crippen LogP contribution >= 0.6 is 0 Å². The zero-order chi connectivity index (χ0) is 21.0. The van der Waals surface area contributed by atoms with Crippen LogP contribution in [0.4, 0.5) is 14.6 Å². The smallest absolute Gasteiger partial charge is 0.293 e. The molecule has 1 saturated heterocycles. The van der Waals surface area contributed by atoms with E-state index in [1.54, 1.807) is 6.07 Å². The van der Waals surface area contributed by atoms with Gasteiger partial charge in [0.25, 0.3) is 5.92 Å². The molecular weight excluding hydrogens is 362 g/mol. The lowest BCUT2D eigenvalue weighted by Gasteiger charge is -2.38. The molecule has 0 aromatic carbocycles. The minimum absolute atomic E-state index is 0.296. The van der Waals surface area contributed by atoms with Crippen LogP contribution in [0.25, 0.3) is 0 Å². The second-order valence-electron chi connectivity index (χ2n) is 9.92. The summed E-state index contributed by atoms with van der Waals surface area (Å²) in [6, 6.07) is 3.57. The van der Waals surface area contributed by atoms with Gasteiger partial charge in [-0.15, -0.1) is 0 Å². The zero-order valence-electron chi connectivity index (χ0n) is 18.2. The molecule has 0 amide bonds. The van der Waals surface area contributed by atoms with Crippen LogP contribution in [0.1, 0.15) is 41.5 Å². The van der Waals surface area contributed by atoms with Crippen LogP contribution in [0, 0.1) is 5.41 Å². The molecule has 28 heavy (non-hydrogen) atoms. The molecule has 2 rings (SSSR count). The Hall–Kier alpha value is -1.47. The molecule has 7 heteroatoms. The van der Waals surface area contributed by atoms with Crippen molar-refractivity contribution in [3.05, 3.63) is 18.3 Å². The third-order valence-electron chi connectivity index (χ3n) is 4.44. The number of rotatable bonds is 7. The Labute approximate surface area is 168 Å². The normalized spacial score (nSPS) is 17.1. The highest BCUT2D eigenvalue weighted by atomic mass is 19.3. The maximum Gasteiger partial charge on any atom is 0.293 e. The van der Waals surface area contributed by atoms with Crippen LogP contribution in [0.5, 0.6) is 5.75 Å². The number of aromatic nitrogens is 1. The molecule has 1 aliphatic heterocycles. The molecule has 0 aliphatic carbocycles. The summed E-state index contributed by atoms with van der Waals surface area (Å²) in [6.45, 7) is 16.2. The van der Waals surface area contributed by atoms with Gasteiger partial charge in [-0.05, 0) is 38.3 Å². The van der Waals surface area contributed by atoms with Gasteiger partial charge in [-0.2, -0.15) is 0 Å². The Morgan fingerprint density at radius 2 is 1.68 bits per heavy atom. The van der Waals surface area contributed by atoms with Crippen LogP contribution < -0.4 is 15.0 Å². The molecule has 5 nitrogen and oxygen atoms in total. The van der Waals surface area contributed by atoms with Gasteiger partial charge in [-0.25, -0.2) is 13.8 Å². The van der Waals surface area contributed by atoms with E-state index in [4.69, 9.17) is 4.74 Å². The predicted molar refractivity (Wildman–Crippen MR) is 111 cm³/mol. The first-order chi connectivity index (χ1) is 12.8. The minimum Gasteiger partial charge on any atom is -0.486 e. The van der Waals surface area contributed by atoms with E-state index in [0.29, 0.717) is 11.2 Å². The van der Waals surface area contributed by atoms with E-state index in [-0.39, 0.29) is 5.54 Å². The van der Waals surface area contributed by atoms with E-state index in [2.05, 4.69) is 40.9 Å². The second-order valence-corrected chi connectivity index (χ2v) is 9.92. The molecule has 2 heterocycles.